The number of nitrogens with zero attached hydrogens (tertiary/aromatic N) is 4. The first-order valence-corrected chi connectivity index (χ1v) is 8.55. The Hall–Kier alpha value is -2.28. The molecule has 0 atom stereocenters. The molecule has 1 amide bonds. The molecule has 1 saturated heterocycles. The van der Waals surface area contributed by atoms with Gasteiger partial charge in [0.2, 0.25) is 0 Å². The van der Waals surface area contributed by atoms with Crippen LogP contribution in [0.1, 0.15) is 23.1 Å². The molecule has 1 aromatic heterocycles. The van der Waals surface area contributed by atoms with Crippen molar-refractivity contribution in [3.8, 4) is 0 Å². The first-order valence-electron chi connectivity index (χ1n) is 8.55. The second kappa shape index (κ2) is 7.74. The molecule has 1 fully saturated rings. The maximum Gasteiger partial charge on any atom is 0.259 e. The molecule has 25 heavy (non-hydrogen) atoms. The van der Waals surface area contributed by atoms with Crippen LogP contribution in [-0.2, 0) is 13.0 Å². The summed E-state index contributed by atoms with van der Waals surface area (Å²) in [5.74, 6) is -1.12. The number of hydrogen-bond donors (Lipinski definition) is 0. The normalized spacial score (nSPS) is 15.6. The molecule has 0 aliphatic carbocycles. The third-order valence-corrected chi connectivity index (χ3v) is 4.61. The van der Waals surface area contributed by atoms with Gasteiger partial charge in [-0.15, -0.1) is 0 Å². The number of hydrogen-bond acceptors (Lipinski definition) is 3. The SMILES string of the molecule is CCc1nccn1CCN1CCN(C(=O)c2c(F)cccc2F)CC1. The number of carbonyl (C=O) groups is 1. The van der Waals surface area contributed by atoms with Gasteiger partial charge < -0.3 is 9.47 Å². The van der Waals surface area contributed by atoms with Crippen molar-refractivity contribution in [2.24, 2.45) is 0 Å². The number of carbonyl (C=O) groups excluding carboxylic acids is 1. The first-order chi connectivity index (χ1) is 12.1. The lowest BCUT2D eigenvalue weighted by molar-refractivity contribution is 0.0623. The Kier molecular flexibility index (Phi) is 5.43. The highest BCUT2D eigenvalue weighted by Gasteiger charge is 2.26. The number of aryl methyl sites for hydroxylation is 1. The molecule has 0 saturated carbocycles. The first kappa shape index (κ1) is 17.5. The van der Waals surface area contributed by atoms with Gasteiger partial charge in [0.05, 0.1) is 0 Å². The van der Waals surface area contributed by atoms with Crippen LogP contribution < -0.4 is 0 Å². The third kappa shape index (κ3) is 3.87. The summed E-state index contributed by atoms with van der Waals surface area (Å²) in [5, 5.41) is 0. The molecule has 0 bridgehead atoms. The smallest absolute Gasteiger partial charge is 0.259 e. The third-order valence-electron chi connectivity index (χ3n) is 4.61. The molecule has 1 aliphatic heterocycles. The number of benzene rings is 1. The van der Waals surface area contributed by atoms with Crippen molar-refractivity contribution in [2.75, 3.05) is 32.7 Å². The number of imidazole rings is 1. The zero-order chi connectivity index (χ0) is 17.8. The largest absolute Gasteiger partial charge is 0.336 e. The van der Waals surface area contributed by atoms with Crippen LogP contribution >= 0.6 is 0 Å². The van der Waals surface area contributed by atoms with Crippen molar-refractivity contribution in [3.05, 3.63) is 53.6 Å². The van der Waals surface area contributed by atoms with E-state index in [9.17, 15) is 13.6 Å². The van der Waals surface area contributed by atoms with Gasteiger partial charge in [-0.2, -0.15) is 0 Å². The van der Waals surface area contributed by atoms with E-state index in [1.54, 1.807) is 6.20 Å². The van der Waals surface area contributed by atoms with Crippen molar-refractivity contribution in [2.45, 2.75) is 19.9 Å². The highest BCUT2D eigenvalue weighted by molar-refractivity contribution is 5.94. The lowest BCUT2D eigenvalue weighted by atomic mass is 10.1. The van der Waals surface area contributed by atoms with E-state index in [0.717, 1.165) is 37.5 Å². The molecule has 1 aliphatic rings. The summed E-state index contributed by atoms with van der Waals surface area (Å²) >= 11 is 0. The van der Waals surface area contributed by atoms with E-state index in [2.05, 4.69) is 21.4 Å². The fourth-order valence-corrected chi connectivity index (χ4v) is 3.14. The van der Waals surface area contributed by atoms with Gasteiger partial charge in [-0.3, -0.25) is 9.69 Å². The van der Waals surface area contributed by atoms with E-state index in [-0.39, 0.29) is 0 Å². The Morgan fingerprint density at radius 3 is 2.44 bits per heavy atom. The maximum absolute atomic E-state index is 13.8. The zero-order valence-electron chi connectivity index (χ0n) is 14.3. The van der Waals surface area contributed by atoms with Crippen molar-refractivity contribution in [3.63, 3.8) is 0 Å². The van der Waals surface area contributed by atoms with Gasteiger partial charge in [-0.05, 0) is 12.1 Å². The Bertz CT molecular complexity index is 718. The molecule has 2 aromatic rings. The minimum absolute atomic E-state index is 0.457. The molecule has 7 heteroatoms. The van der Waals surface area contributed by atoms with Gasteiger partial charge in [0.15, 0.2) is 0 Å². The topological polar surface area (TPSA) is 41.4 Å². The van der Waals surface area contributed by atoms with Crippen molar-refractivity contribution in [1.29, 1.82) is 0 Å². The summed E-state index contributed by atoms with van der Waals surface area (Å²) in [6.07, 6.45) is 4.67. The van der Waals surface area contributed by atoms with Crippen molar-refractivity contribution in [1.82, 2.24) is 19.4 Å². The monoisotopic (exact) mass is 348 g/mol. The van der Waals surface area contributed by atoms with E-state index >= 15 is 0 Å². The van der Waals surface area contributed by atoms with E-state index in [1.807, 2.05) is 6.20 Å². The number of piperazine rings is 1. The molecule has 2 heterocycles. The minimum atomic E-state index is -0.806. The highest BCUT2D eigenvalue weighted by Crippen LogP contribution is 2.16. The quantitative estimate of drug-likeness (QED) is 0.832. The van der Waals surface area contributed by atoms with Gasteiger partial charge in [0, 0.05) is 58.1 Å². The predicted octanol–water partition coefficient (Wildman–Crippen LogP) is 2.18. The summed E-state index contributed by atoms with van der Waals surface area (Å²) in [4.78, 5) is 20.5. The standard InChI is InChI=1S/C18H22F2N4O/c1-2-16-21-6-7-23(16)11-8-22-9-12-24(13-10-22)18(25)17-14(19)4-3-5-15(17)20/h3-7H,2,8-13H2,1H3. The lowest BCUT2D eigenvalue weighted by Crippen LogP contribution is -2.49. The highest BCUT2D eigenvalue weighted by atomic mass is 19.1. The van der Waals surface area contributed by atoms with Crippen molar-refractivity contribution >= 4 is 5.91 Å². The summed E-state index contributed by atoms with van der Waals surface area (Å²) in [6.45, 7) is 6.11. The van der Waals surface area contributed by atoms with E-state index < -0.39 is 23.1 Å². The minimum Gasteiger partial charge on any atom is -0.336 e. The summed E-state index contributed by atoms with van der Waals surface area (Å²) in [6, 6.07) is 3.49. The van der Waals surface area contributed by atoms with E-state index in [0.29, 0.717) is 26.2 Å². The Morgan fingerprint density at radius 1 is 1.12 bits per heavy atom. The fourth-order valence-electron chi connectivity index (χ4n) is 3.14. The van der Waals surface area contributed by atoms with Crippen LogP contribution in [0.5, 0.6) is 0 Å². The van der Waals surface area contributed by atoms with E-state index in [4.69, 9.17) is 0 Å². The van der Waals surface area contributed by atoms with Crippen LogP contribution in [0.15, 0.2) is 30.6 Å². The van der Waals surface area contributed by atoms with Crippen molar-refractivity contribution < 1.29 is 13.6 Å². The van der Waals surface area contributed by atoms with Crippen LogP contribution in [0, 0.1) is 11.6 Å². The molecule has 0 spiro atoms. The number of amides is 1. The average Bonchev–Trinajstić information content (AvgIpc) is 3.07. The second-order valence-corrected chi connectivity index (χ2v) is 6.12. The zero-order valence-corrected chi connectivity index (χ0v) is 14.3. The molecular weight excluding hydrogens is 326 g/mol. The molecular formula is C18H22F2N4O. The number of aromatic nitrogens is 2. The predicted molar refractivity (Wildman–Crippen MR) is 90.3 cm³/mol. The molecule has 0 N–H and O–H groups in total. The fraction of sp³-hybridized carbons (Fsp3) is 0.444. The molecule has 3 rings (SSSR count). The van der Waals surface area contributed by atoms with Gasteiger partial charge >= 0.3 is 0 Å². The van der Waals surface area contributed by atoms with Gasteiger partial charge in [-0.25, -0.2) is 13.8 Å². The Balaban J connectivity index is 1.54. The lowest BCUT2D eigenvalue weighted by Gasteiger charge is -2.35. The summed E-state index contributed by atoms with van der Waals surface area (Å²) in [5.41, 5.74) is -0.457. The van der Waals surface area contributed by atoms with Gasteiger partial charge in [-0.1, -0.05) is 13.0 Å². The summed E-state index contributed by atoms with van der Waals surface area (Å²) in [7, 11) is 0. The maximum atomic E-state index is 13.8. The molecule has 0 radical (unpaired) electrons. The molecule has 0 unspecified atom stereocenters. The Morgan fingerprint density at radius 2 is 1.80 bits per heavy atom. The molecule has 134 valence electrons. The van der Waals surface area contributed by atoms with Crippen LogP contribution in [0.25, 0.3) is 0 Å². The molecule has 1 aromatic carbocycles. The average molecular weight is 348 g/mol. The Labute approximate surface area is 145 Å². The number of halogens is 2. The van der Waals surface area contributed by atoms with Crippen LogP contribution in [0.4, 0.5) is 8.78 Å². The van der Waals surface area contributed by atoms with E-state index in [1.165, 1.54) is 11.0 Å². The van der Waals surface area contributed by atoms with Gasteiger partial charge in [0.25, 0.3) is 5.91 Å². The van der Waals surface area contributed by atoms with Crippen LogP contribution in [0.3, 0.4) is 0 Å². The van der Waals surface area contributed by atoms with Gasteiger partial charge in [0.1, 0.15) is 23.0 Å². The summed E-state index contributed by atoms with van der Waals surface area (Å²) < 4.78 is 29.7. The second-order valence-electron chi connectivity index (χ2n) is 6.12. The molecule has 5 nitrogen and oxygen atoms in total. The van der Waals surface area contributed by atoms with Crippen LogP contribution in [-0.4, -0.2) is 58.0 Å². The van der Waals surface area contributed by atoms with Crippen LogP contribution in [0.2, 0.25) is 0 Å². The number of rotatable bonds is 5.